The SMILES string of the molecule is COc1cc(-c2oc3cc(O)cc(O)c3c(=O)c2O[C@@H]2O[C@H](COC(C)=O)[C@H](O)[C@H](O)[C@H]2O)ccc1O. The predicted octanol–water partition coefficient (Wildman–Crippen LogP) is 0.335. The molecule has 1 aliphatic rings. The van der Waals surface area contributed by atoms with Crippen LogP contribution in [0.3, 0.4) is 0 Å². The Kier molecular flexibility index (Phi) is 7.14. The van der Waals surface area contributed by atoms with Crippen LogP contribution in [0.5, 0.6) is 28.7 Å². The Morgan fingerprint density at radius 3 is 2.41 bits per heavy atom. The van der Waals surface area contributed by atoms with Crippen LogP contribution < -0.4 is 14.9 Å². The number of phenols is 3. The molecule has 0 saturated carbocycles. The lowest BCUT2D eigenvalue weighted by molar-refractivity contribution is -0.278. The number of fused-ring (bicyclic) bond motifs is 1. The molecule has 13 heteroatoms. The second-order valence-corrected chi connectivity index (χ2v) is 8.25. The normalized spacial score (nSPS) is 23.5. The topological polar surface area (TPSA) is 206 Å². The summed E-state index contributed by atoms with van der Waals surface area (Å²) in [5.74, 6) is -2.77. The molecule has 0 radical (unpaired) electrons. The second kappa shape index (κ2) is 10.1. The van der Waals surface area contributed by atoms with Gasteiger partial charge in [0.15, 0.2) is 17.3 Å². The van der Waals surface area contributed by atoms with Crippen LogP contribution in [0, 0.1) is 0 Å². The van der Waals surface area contributed by atoms with Gasteiger partial charge in [0.1, 0.15) is 53.5 Å². The zero-order chi connectivity index (χ0) is 27.0. The van der Waals surface area contributed by atoms with Crippen molar-refractivity contribution in [1.29, 1.82) is 0 Å². The van der Waals surface area contributed by atoms with E-state index in [1.165, 1.54) is 25.3 Å². The number of phenolic OH excluding ortho intramolecular Hbond substituents is 3. The zero-order valence-electron chi connectivity index (χ0n) is 19.5. The summed E-state index contributed by atoms with van der Waals surface area (Å²) in [6.45, 7) is 0.631. The van der Waals surface area contributed by atoms with E-state index in [-0.39, 0.29) is 33.8 Å². The van der Waals surface area contributed by atoms with E-state index in [1.807, 2.05) is 0 Å². The molecule has 1 aromatic heterocycles. The molecule has 4 rings (SSSR count). The number of carbonyl (C=O) groups excluding carboxylic acids is 1. The highest BCUT2D eigenvalue weighted by molar-refractivity contribution is 5.88. The molecule has 2 heterocycles. The van der Waals surface area contributed by atoms with Crippen LogP contribution in [0.4, 0.5) is 0 Å². The van der Waals surface area contributed by atoms with E-state index in [0.717, 1.165) is 19.1 Å². The van der Waals surface area contributed by atoms with Gasteiger partial charge in [0.2, 0.25) is 17.5 Å². The highest BCUT2D eigenvalue weighted by Gasteiger charge is 2.46. The molecule has 37 heavy (non-hydrogen) atoms. The summed E-state index contributed by atoms with van der Waals surface area (Å²) in [6.07, 6.45) is -8.43. The molecule has 1 aliphatic heterocycles. The van der Waals surface area contributed by atoms with E-state index in [9.17, 15) is 40.2 Å². The summed E-state index contributed by atoms with van der Waals surface area (Å²) in [5, 5.41) is 60.8. The van der Waals surface area contributed by atoms with Crippen molar-refractivity contribution in [2.45, 2.75) is 37.6 Å². The number of aliphatic hydroxyl groups excluding tert-OH is 3. The van der Waals surface area contributed by atoms with Crippen LogP contribution in [-0.2, 0) is 14.3 Å². The fourth-order valence-electron chi connectivity index (χ4n) is 3.85. The summed E-state index contributed by atoms with van der Waals surface area (Å²) >= 11 is 0. The lowest BCUT2D eigenvalue weighted by Crippen LogP contribution is -2.60. The number of hydrogen-bond donors (Lipinski definition) is 6. The highest BCUT2D eigenvalue weighted by atomic mass is 16.7. The molecule has 3 aromatic rings. The number of hydrogen-bond acceptors (Lipinski definition) is 13. The van der Waals surface area contributed by atoms with Crippen LogP contribution in [0.25, 0.3) is 22.3 Å². The van der Waals surface area contributed by atoms with Gasteiger partial charge in [-0.25, -0.2) is 0 Å². The third kappa shape index (κ3) is 4.97. The van der Waals surface area contributed by atoms with Gasteiger partial charge in [-0.2, -0.15) is 0 Å². The van der Waals surface area contributed by atoms with Crippen LogP contribution in [0.15, 0.2) is 39.5 Å². The molecule has 5 atom stereocenters. The number of benzene rings is 2. The first kappa shape index (κ1) is 26.0. The third-order valence-electron chi connectivity index (χ3n) is 5.71. The molecule has 0 spiro atoms. The van der Waals surface area contributed by atoms with E-state index < -0.39 is 66.0 Å². The maximum atomic E-state index is 13.5. The van der Waals surface area contributed by atoms with Gasteiger partial charge in [-0.3, -0.25) is 9.59 Å². The van der Waals surface area contributed by atoms with Crippen molar-refractivity contribution in [2.24, 2.45) is 0 Å². The molecular formula is C24H24O13. The minimum absolute atomic E-state index is 0.0129. The summed E-state index contributed by atoms with van der Waals surface area (Å²) in [6, 6.07) is 5.92. The Labute approximate surface area is 208 Å². The Bertz CT molecular complexity index is 1380. The molecule has 0 bridgehead atoms. The fourth-order valence-corrected chi connectivity index (χ4v) is 3.85. The number of aromatic hydroxyl groups is 3. The van der Waals surface area contributed by atoms with Gasteiger partial charge in [0, 0.05) is 24.6 Å². The second-order valence-electron chi connectivity index (χ2n) is 8.25. The third-order valence-corrected chi connectivity index (χ3v) is 5.71. The van der Waals surface area contributed by atoms with Crippen LogP contribution in [-0.4, -0.2) is 81.0 Å². The highest BCUT2D eigenvalue weighted by Crippen LogP contribution is 2.39. The summed E-state index contributed by atoms with van der Waals surface area (Å²) in [4.78, 5) is 24.7. The summed E-state index contributed by atoms with van der Waals surface area (Å²) in [5.41, 5.74) is -1.01. The van der Waals surface area contributed by atoms with Crippen molar-refractivity contribution in [2.75, 3.05) is 13.7 Å². The van der Waals surface area contributed by atoms with E-state index in [0.29, 0.717) is 0 Å². The van der Waals surface area contributed by atoms with Crippen LogP contribution in [0.1, 0.15) is 6.92 Å². The first-order chi connectivity index (χ1) is 17.5. The number of ether oxygens (including phenoxy) is 4. The van der Waals surface area contributed by atoms with Gasteiger partial charge in [0.25, 0.3) is 0 Å². The molecule has 6 N–H and O–H groups in total. The quantitative estimate of drug-likeness (QED) is 0.243. The van der Waals surface area contributed by atoms with Crippen molar-refractivity contribution in [3.63, 3.8) is 0 Å². The lowest BCUT2D eigenvalue weighted by atomic mass is 9.99. The number of esters is 1. The van der Waals surface area contributed by atoms with Crippen molar-refractivity contribution >= 4 is 16.9 Å². The van der Waals surface area contributed by atoms with Gasteiger partial charge in [-0.05, 0) is 18.2 Å². The molecule has 0 amide bonds. The first-order valence-electron chi connectivity index (χ1n) is 10.9. The molecule has 1 saturated heterocycles. The Balaban J connectivity index is 1.85. The molecule has 198 valence electrons. The average molecular weight is 520 g/mol. The van der Waals surface area contributed by atoms with E-state index in [1.54, 1.807) is 0 Å². The fraction of sp³-hybridized carbons (Fsp3) is 0.333. The van der Waals surface area contributed by atoms with E-state index in [4.69, 9.17) is 23.4 Å². The Hall–Kier alpha value is -4.04. The first-order valence-corrected chi connectivity index (χ1v) is 10.9. The zero-order valence-corrected chi connectivity index (χ0v) is 19.5. The van der Waals surface area contributed by atoms with Crippen LogP contribution >= 0.6 is 0 Å². The number of carbonyl (C=O) groups is 1. The predicted molar refractivity (Wildman–Crippen MR) is 123 cm³/mol. The number of methoxy groups -OCH3 is 1. The number of aliphatic hydroxyl groups is 3. The maximum absolute atomic E-state index is 13.5. The van der Waals surface area contributed by atoms with Crippen molar-refractivity contribution in [3.8, 4) is 40.1 Å². The minimum Gasteiger partial charge on any atom is -0.508 e. The van der Waals surface area contributed by atoms with Gasteiger partial charge in [0.05, 0.1) is 7.11 Å². The monoisotopic (exact) mass is 520 g/mol. The van der Waals surface area contributed by atoms with E-state index in [2.05, 4.69) is 0 Å². The van der Waals surface area contributed by atoms with Gasteiger partial charge >= 0.3 is 5.97 Å². The van der Waals surface area contributed by atoms with Gasteiger partial charge < -0.3 is 54.0 Å². The van der Waals surface area contributed by atoms with Crippen molar-refractivity contribution < 1.29 is 58.8 Å². The molecule has 1 fully saturated rings. The van der Waals surface area contributed by atoms with Crippen LogP contribution in [0.2, 0.25) is 0 Å². The van der Waals surface area contributed by atoms with Crippen molar-refractivity contribution in [1.82, 2.24) is 0 Å². The molecule has 2 aromatic carbocycles. The van der Waals surface area contributed by atoms with Crippen molar-refractivity contribution in [3.05, 3.63) is 40.6 Å². The van der Waals surface area contributed by atoms with Gasteiger partial charge in [-0.1, -0.05) is 0 Å². The average Bonchev–Trinajstić information content (AvgIpc) is 2.84. The smallest absolute Gasteiger partial charge is 0.302 e. The molecular weight excluding hydrogens is 496 g/mol. The summed E-state index contributed by atoms with van der Waals surface area (Å²) < 4.78 is 26.9. The van der Waals surface area contributed by atoms with E-state index >= 15 is 0 Å². The lowest BCUT2D eigenvalue weighted by Gasteiger charge is -2.39. The number of rotatable bonds is 6. The Morgan fingerprint density at radius 1 is 1.00 bits per heavy atom. The molecule has 0 aliphatic carbocycles. The molecule has 13 nitrogen and oxygen atoms in total. The molecule has 0 unspecified atom stereocenters. The Morgan fingerprint density at radius 2 is 1.73 bits per heavy atom. The van der Waals surface area contributed by atoms with Gasteiger partial charge in [-0.15, -0.1) is 0 Å². The standard InChI is InChI=1S/C24H24O13/c1-9(25)34-8-16-18(29)20(31)21(32)24(36-16)37-23-19(30)17-13(28)6-11(26)7-15(17)35-22(23)10-3-4-12(27)14(5-10)33-2/h3-7,16,18,20-21,24,26-29,31-32H,8H2,1-2H3/t16-,18+,20+,21-,24+/m1/s1. The minimum atomic E-state index is -1.87. The largest absolute Gasteiger partial charge is 0.508 e. The summed E-state index contributed by atoms with van der Waals surface area (Å²) in [7, 11) is 1.30. The maximum Gasteiger partial charge on any atom is 0.302 e.